The molecule has 1 amide bonds. The van der Waals surface area contributed by atoms with Crippen LogP contribution in [0, 0.1) is 12.8 Å². The molecule has 0 aliphatic rings. The molecular formula is C13H19BrN2O. The van der Waals surface area contributed by atoms with Crippen LogP contribution in [0.25, 0.3) is 0 Å². The summed E-state index contributed by atoms with van der Waals surface area (Å²) in [6.07, 6.45) is 0.693. The molecule has 3 N–H and O–H groups in total. The second-order valence-corrected chi connectivity index (χ2v) is 5.66. The molecule has 4 heteroatoms. The van der Waals surface area contributed by atoms with Gasteiger partial charge in [0.05, 0.1) is 6.04 Å². The summed E-state index contributed by atoms with van der Waals surface area (Å²) in [5.74, 6) is 0.288. The molecule has 3 nitrogen and oxygen atoms in total. The molecule has 1 rings (SSSR count). The van der Waals surface area contributed by atoms with Gasteiger partial charge < -0.3 is 11.1 Å². The number of nitrogens with two attached hydrogens (primary N) is 1. The smallest absolute Gasteiger partial charge is 0.241 e. The van der Waals surface area contributed by atoms with E-state index in [9.17, 15) is 4.79 Å². The number of hydrogen-bond donors (Lipinski definition) is 2. The van der Waals surface area contributed by atoms with E-state index in [0.29, 0.717) is 12.3 Å². The average Bonchev–Trinajstić information content (AvgIpc) is 2.14. The lowest BCUT2D eigenvalue weighted by Crippen LogP contribution is -2.36. The van der Waals surface area contributed by atoms with Crippen molar-refractivity contribution in [1.29, 1.82) is 0 Å². The maximum Gasteiger partial charge on any atom is 0.241 e. The fourth-order valence-electron chi connectivity index (χ4n) is 1.66. The van der Waals surface area contributed by atoms with E-state index in [4.69, 9.17) is 5.73 Å². The maximum absolute atomic E-state index is 11.8. The van der Waals surface area contributed by atoms with E-state index in [-0.39, 0.29) is 5.91 Å². The largest absolute Gasteiger partial charge is 0.325 e. The number of rotatable bonds is 4. The molecule has 0 aliphatic heterocycles. The Kier molecular flexibility index (Phi) is 5.15. The molecule has 0 spiro atoms. The zero-order valence-corrected chi connectivity index (χ0v) is 12.0. The van der Waals surface area contributed by atoms with Crippen LogP contribution in [-0.4, -0.2) is 11.9 Å². The Morgan fingerprint density at radius 1 is 1.41 bits per heavy atom. The van der Waals surface area contributed by atoms with Crippen LogP contribution in [-0.2, 0) is 4.79 Å². The Labute approximate surface area is 111 Å². The molecule has 1 atom stereocenters. The lowest BCUT2D eigenvalue weighted by molar-refractivity contribution is -0.117. The predicted octanol–water partition coefficient (Wildman–Crippen LogP) is 3.07. The van der Waals surface area contributed by atoms with Gasteiger partial charge in [-0.3, -0.25) is 4.79 Å². The van der Waals surface area contributed by atoms with E-state index in [2.05, 4.69) is 35.1 Å². The minimum atomic E-state index is -0.450. The van der Waals surface area contributed by atoms with Gasteiger partial charge in [-0.1, -0.05) is 29.8 Å². The lowest BCUT2D eigenvalue weighted by atomic mass is 10.0. The van der Waals surface area contributed by atoms with E-state index >= 15 is 0 Å². The van der Waals surface area contributed by atoms with Crippen LogP contribution in [0.5, 0.6) is 0 Å². The quantitative estimate of drug-likeness (QED) is 0.897. The first-order valence-corrected chi connectivity index (χ1v) is 6.51. The first-order valence-electron chi connectivity index (χ1n) is 5.72. The molecule has 0 bridgehead atoms. The van der Waals surface area contributed by atoms with Crippen LogP contribution in [0.1, 0.15) is 25.8 Å². The third-order valence-electron chi connectivity index (χ3n) is 2.37. The first-order chi connectivity index (χ1) is 7.88. The molecule has 0 saturated carbocycles. The van der Waals surface area contributed by atoms with E-state index in [1.54, 1.807) is 0 Å². The van der Waals surface area contributed by atoms with Crippen molar-refractivity contribution >= 4 is 27.5 Å². The zero-order valence-electron chi connectivity index (χ0n) is 10.5. The van der Waals surface area contributed by atoms with Crippen LogP contribution in [0.15, 0.2) is 22.7 Å². The molecule has 0 aliphatic carbocycles. The number of carbonyl (C=O) groups excluding carboxylic acids is 1. The molecule has 1 aromatic carbocycles. The normalized spacial score (nSPS) is 12.6. The molecule has 0 aromatic heterocycles. The first kappa shape index (κ1) is 14.2. The number of amides is 1. The summed E-state index contributed by atoms with van der Waals surface area (Å²) in [7, 11) is 0. The third-order valence-corrected chi connectivity index (χ3v) is 2.83. The second-order valence-electron chi connectivity index (χ2n) is 4.74. The number of hydrogen-bond acceptors (Lipinski definition) is 2. The van der Waals surface area contributed by atoms with Crippen molar-refractivity contribution in [1.82, 2.24) is 0 Å². The number of nitrogens with one attached hydrogen (secondary N) is 1. The van der Waals surface area contributed by atoms with Gasteiger partial charge in [-0.15, -0.1) is 0 Å². The van der Waals surface area contributed by atoms with Gasteiger partial charge in [-0.05, 0) is 43.0 Å². The standard InChI is InChI=1S/C13H19BrN2O/c1-8(2)4-12(15)13(17)16-11-6-9(3)5-10(14)7-11/h5-8,12H,4,15H2,1-3H3,(H,16,17). The van der Waals surface area contributed by atoms with Crippen LogP contribution in [0.4, 0.5) is 5.69 Å². The van der Waals surface area contributed by atoms with Crippen molar-refractivity contribution in [2.45, 2.75) is 33.2 Å². The summed E-state index contributed by atoms with van der Waals surface area (Å²) >= 11 is 3.40. The van der Waals surface area contributed by atoms with Gasteiger partial charge >= 0.3 is 0 Å². The Bertz CT molecular complexity index is 384. The summed E-state index contributed by atoms with van der Waals surface area (Å²) in [6.45, 7) is 6.08. The molecule has 1 unspecified atom stereocenters. The van der Waals surface area contributed by atoms with Crippen molar-refractivity contribution in [3.8, 4) is 0 Å². The number of carbonyl (C=O) groups is 1. The molecule has 0 radical (unpaired) electrons. The van der Waals surface area contributed by atoms with Gasteiger partial charge in [-0.2, -0.15) is 0 Å². The molecule has 94 valence electrons. The summed E-state index contributed by atoms with van der Waals surface area (Å²) in [6, 6.07) is 5.33. The van der Waals surface area contributed by atoms with Crippen molar-refractivity contribution in [2.75, 3.05) is 5.32 Å². The Hall–Kier alpha value is -0.870. The van der Waals surface area contributed by atoms with E-state index < -0.39 is 6.04 Å². The Morgan fingerprint density at radius 3 is 2.59 bits per heavy atom. The van der Waals surface area contributed by atoms with E-state index in [1.165, 1.54) is 0 Å². The SMILES string of the molecule is Cc1cc(Br)cc(NC(=O)C(N)CC(C)C)c1. The molecule has 0 fully saturated rings. The van der Waals surface area contributed by atoms with Gasteiger partial charge in [-0.25, -0.2) is 0 Å². The fraction of sp³-hybridized carbons (Fsp3) is 0.462. The number of aryl methyl sites for hydroxylation is 1. The van der Waals surface area contributed by atoms with E-state index in [0.717, 1.165) is 15.7 Å². The number of halogens is 1. The third kappa shape index (κ3) is 4.88. The van der Waals surface area contributed by atoms with Gasteiger partial charge in [0.1, 0.15) is 0 Å². The van der Waals surface area contributed by atoms with Crippen molar-refractivity contribution in [3.63, 3.8) is 0 Å². The molecule has 1 aromatic rings. The van der Waals surface area contributed by atoms with Crippen LogP contribution in [0.3, 0.4) is 0 Å². The van der Waals surface area contributed by atoms with Gasteiger partial charge in [0.15, 0.2) is 0 Å². The zero-order chi connectivity index (χ0) is 13.0. The summed E-state index contributed by atoms with van der Waals surface area (Å²) < 4.78 is 0.949. The van der Waals surface area contributed by atoms with Gasteiger partial charge in [0.2, 0.25) is 5.91 Å². The number of benzene rings is 1. The molecular weight excluding hydrogens is 280 g/mol. The van der Waals surface area contributed by atoms with Crippen LogP contribution in [0.2, 0.25) is 0 Å². The molecule has 17 heavy (non-hydrogen) atoms. The lowest BCUT2D eigenvalue weighted by Gasteiger charge is -2.14. The van der Waals surface area contributed by atoms with E-state index in [1.807, 2.05) is 25.1 Å². The monoisotopic (exact) mass is 298 g/mol. The Balaban J connectivity index is 2.67. The van der Waals surface area contributed by atoms with Crippen LogP contribution < -0.4 is 11.1 Å². The van der Waals surface area contributed by atoms with Crippen molar-refractivity contribution < 1.29 is 4.79 Å². The van der Waals surface area contributed by atoms with Crippen molar-refractivity contribution in [2.24, 2.45) is 11.7 Å². The Morgan fingerprint density at radius 2 is 2.06 bits per heavy atom. The van der Waals surface area contributed by atoms with Crippen LogP contribution >= 0.6 is 15.9 Å². The summed E-state index contributed by atoms with van der Waals surface area (Å²) in [5, 5.41) is 2.83. The molecule has 0 saturated heterocycles. The highest BCUT2D eigenvalue weighted by molar-refractivity contribution is 9.10. The highest BCUT2D eigenvalue weighted by Gasteiger charge is 2.15. The average molecular weight is 299 g/mol. The van der Waals surface area contributed by atoms with Gasteiger partial charge in [0, 0.05) is 10.2 Å². The molecule has 0 heterocycles. The van der Waals surface area contributed by atoms with Gasteiger partial charge in [0.25, 0.3) is 0 Å². The fourth-order valence-corrected chi connectivity index (χ4v) is 2.27. The summed E-state index contributed by atoms with van der Waals surface area (Å²) in [4.78, 5) is 11.8. The minimum absolute atomic E-state index is 0.129. The summed E-state index contributed by atoms with van der Waals surface area (Å²) in [5.41, 5.74) is 7.69. The van der Waals surface area contributed by atoms with Crippen molar-refractivity contribution in [3.05, 3.63) is 28.2 Å². The number of anilines is 1. The minimum Gasteiger partial charge on any atom is -0.325 e. The predicted molar refractivity (Wildman–Crippen MR) is 74.9 cm³/mol. The highest BCUT2D eigenvalue weighted by atomic mass is 79.9. The second kappa shape index (κ2) is 6.17. The topological polar surface area (TPSA) is 55.1 Å². The maximum atomic E-state index is 11.8. The highest BCUT2D eigenvalue weighted by Crippen LogP contribution is 2.19.